The average molecular weight is 330 g/mol. The van der Waals surface area contributed by atoms with Gasteiger partial charge in [0, 0.05) is 54.5 Å². The third-order valence-corrected chi connectivity index (χ3v) is 3.79. The lowest BCUT2D eigenvalue weighted by Gasteiger charge is -2.06. The smallest absolute Gasteiger partial charge is 0.256 e. The highest BCUT2D eigenvalue weighted by atomic mass is 16.1. The fourth-order valence-electron chi connectivity index (χ4n) is 2.51. The van der Waals surface area contributed by atoms with Crippen molar-refractivity contribution in [1.29, 1.82) is 0 Å². The van der Waals surface area contributed by atoms with Crippen LogP contribution >= 0.6 is 0 Å². The zero-order valence-electron chi connectivity index (χ0n) is 13.4. The van der Waals surface area contributed by atoms with Gasteiger partial charge < -0.3 is 5.32 Å². The van der Waals surface area contributed by atoms with E-state index in [2.05, 4.69) is 25.4 Å². The first-order valence-electron chi connectivity index (χ1n) is 7.65. The van der Waals surface area contributed by atoms with Gasteiger partial charge in [-0.2, -0.15) is 5.10 Å². The molecule has 4 heterocycles. The molecule has 0 saturated heterocycles. The standard InChI is InChI=1S/C18H14N6O/c1-24-11-15(10-22-24)16-6-13-7-17(21-9-14(13)8-20-16)23-18(25)12-2-4-19-5-3-12/h2-11H,1H3,(H,21,23,25). The third-order valence-electron chi connectivity index (χ3n) is 3.79. The Balaban J connectivity index is 1.66. The number of amides is 1. The summed E-state index contributed by atoms with van der Waals surface area (Å²) < 4.78 is 1.73. The molecule has 0 radical (unpaired) electrons. The van der Waals surface area contributed by atoms with Gasteiger partial charge >= 0.3 is 0 Å². The number of nitrogens with zero attached hydrogens (tertiary/aromatic N) is 5. The van der Waals surface area contributed by atoms with Gasteiger partial charge in [-0.15, -0.1) is 0 Å². The van der Waals surface area contributed by atoms with Crippen LogP contribution in [0, 0.1) is 0 Å². The van der Waals surface area contributed by atoms with E-state index in [0.29, 0.717) is 11.4 Å². The largest absolute Gasteiger partial charge is 0.307 e. The molecule has 0 aliphatic heterocycles. The van der Waals surface area contributed by atoms with Crippen LogP contribution in [-0.2, 0) is 7.05 Å². The van der Waals surface area contributed by atoms with Gasteiger partial charge in [0.1, 0.15) is 5.82 Å². The van der Waals surface area contributed by atoms with Crippen molar-refractivity contribution < 1.29 is 4.79 Å². The SMILES string of the molecule is Cn1cc(-c2cc3cc(NC(=O)c4ccncc4)ncc3cn2)cn1. The van der Waals surface area contributed by atoms with E-state index in [1.165, 1.54) is 0 Å². The van der Waals surface area contributed by atoms with Gasteiger partial charge in [-0.3, -0.25) is 19.4 Å². The molecule has 4 aromatic rings. The van der Waals surface area contributed by atoms with Crippen LogP contribution in [0.2, 0.25) is 0 Å². The molecule has 1 amide bonds. The number of aryl methyl sites for hydroxylation is 1. The number of aromatic nitrogens is 5. The summed E-state index contributed by atoms with van der Waals surface area (Å²) in [6.45, 7) is 0. The summed E-state index contributed by atoms with van der Waals surface area (Å²) in [5.74, 6) is 0.258. The molecule has 0 aromatic carbocycles. The maximum Gasteiger partial charge on any atom is 0.256 e. The van der Waals surface area contributed by atoms with Crippen LogP contribution in [0.3, 0.4) is 0 Å². The van der Waals surface area contributed by atoms with Crippen LogP contribution in [0.5, 0.6) is 0 Å². The first-order chi connectivity index (χ1) is 12.2. The molecule has 0 unspecified atom stereocenters. The zero-order valence-corrected chi connectivity index (χ0v) is 13.4. The van der Waals surface area contributed by atoms with Crippen LogP contribution in [0.25, 0.3) is 22.0 Å². The van der Waals surface area contributed by atoms with Crippen molar-refractivity contribution in [3.05, 3.63) is 67.0 Å². The summed E-state index contributed by atoms with van der Waals surface area (Å²) in [5.41, 5.74) is 2.28. The van der Waals surface area contributed by atoms with Crippen molar-refractivity contribution >= 4 is 22.5 Å². The Morgan fingerprint density at radius 3 is 2.60 bits per heavy atom. The number of rotatable bonds is 3. The predicted octanol–water partition coefficient (Wildman–Crippen LogP) is 2.68. The molecule has 25 heavy (non-hydrogen) atoms. The van der Waals surface area contributed by atoms with Gasteiger partial charge in [0.25, 0.3) is 5.91 Å². The zero-order chi connectivity index (χ0) is 17.2. The molecular formula is C18H14N6O. The number of pyridine rings is 3. The molecule has 0 aliphatic carbocycles. The van der Waals surface area contributed by atoms with Gasteiger partial charge in [-0.05, 0) is 29.7 Å². The Morgan fingerprint density at radius 2 is 1.84 bits per heavy atom. The van der Waals surface area contributed by atoms with Gasteiger partial charge in [0.2, 0.25) is 0 Å². The number of carbonyl (C=O) groups excluding carboxylic acids is 1. The Morgan fingerprint density at radius 1 is 1.04 bits per heavy atom. The minimum Gasteiger partial charge on any atom is -0.307 e. The van der Waals surface area contributed by atoms with Crippen molar-refractivity contribution in [2.24, 2.45) is 7.05 Å². The van der Waals surface area contributed by atoms with Crippen molar-refractivity contribution in [2.75, 3.05) is 5.32 Å². The molecule has 7 heteroatoms. The van der Waals surface area contributed by atoms with E-state index in [1.807, 2.05) is 25.4 Å². The van der Waals surface area contributed by atoms with E-state index in [4.69, 9.17) is 0 Å². The lowest BCUT2D eigenvalue weighted by atomic mass is 10.1. The second-order valence-electron chi connectivity index (χ2n) is 5.58. The number of hydrogen-bond donors (Lipinski definition) is 1. The molecule has 0 spiro atoms. The number of nitrogens with one attached hydrogen (secondary N) is 1. The first kappa shape index (κ1) is 14.9. The minimum absolute atomic E-state index is 0.226. The monoisotopic (exact) mass is 330 g/mol. The number of anilines is 1. The van der Waals surface area contributed by atoms with E-state index in [-0.39, 0.29) is 5.91 Å². The highest BCUT2D eigenvalue weighted by Gasteiger charge is 2.08. The average Bonchev–Trinajstić information content (AvgIpc) is 3.08. The van der Waals surface area contributed by atoms with E-state index in [0.717, 1.165) is 22.0 Å². The molecule has 0 saturated carbocycles. The maximum absolute atomic E-state index is 12.2. The first-order valence-corrected chi connectivity index (χ1v) is 7.65. The number of hydrogen-bond acceptors (Lipinski definition) is 5. The Hall–Kier alpha value is -3.61. The van der Waals surface area contributed by atoms with Crippen LogP contribution in [-0.4, -0.2) is 30.6 Å². The van der Waals surface area contributed by atoms with Gasteiger partial charge in [0.05, 0.1) is 11.9 Å². The van der Waals surface area contributed by atoms with Crippen molar-refractivity contribution in [3.63, 3.8) is 0 Å². The Labute approximate surface area is 143 Å². The highest BCUT2D eigenvalue weighted by molar-refractivity contribution is 6.04. The fourth-order valence-corrected chi connectivity index (χ4v) is 2.51. The minimum atomic E-state index is -0.226. The molecule has 1 N–H and O–H groups in total. The lowest BCUT2D eigenvalue weighted by molar-refractivity contribution is 0.102. The second-order valence-corrected chi connectivity index (χ2v) is 5.58. The fraction of sp³-hybridized carbons (Fsp3) is 0.0556. The molecule has 0 aliphatic rings. The van der Waals surface area contributed by atoms with Gasteiger partial charge in [-0.1, -0.05) is 0 Å². The normalized spacial score (nSPS) is 10.8. The van der Waals surface area contributed by atoms with Crippen LogP contribution < -0.4 is 5.32 Å². The van der Waals surface area contributed by atoms with Crippen molar-refractivity contribution in [2.45, 2.75) is 0 Å². The third kappa shape index (κ3) is 3.07. The Bertz CT molecular complexity index is 1060. The molecule has 4 aromatic heterocycles. The highest BCUT2D eigenvalue weighted by Crippen LogP contribution is 2.23. The second kappa shape index (κ2) is 6.12. The van der Waals surface area contributed by atoms with Crippen LogP contribution in [0.1, 0.15) is 10.4 Å². The quantitative estimate of drug-likeness (QED) is 0.624. The van der Waals surface area contributed by atoms with Gasteiger partial charge in [0.15, 0.2) is 0 Å². The van der Waals surface area contributed by atoms with Crippen LogP contribution in [0.15, 0.2) is 61.4 Å². The van der Waals surface area contributed by atoms with E-state index in [9.17, 15) is 4.79 Å². The summed E-state index contributed by atoms with van der Waals surface area (Å²) >= 11 is 0. The molecular weight excluding hydrogens is 316 g/mol. The number of fused-ring (bicyclic) bond motifs is 1. The summed E-state index contributed by atoms with van der Waals surface area (Å²) in [7, 11) is 1.86. The van der Waals surface area contributed by atoms with E-state index in [1.54, 1.807) is 47.8 Å². The topological polar surface area (TPSA) is 85.6 Å². The maximum atomic E-state index is 12.2. The van der Waals surface area contributed by atoms with E-state index < -0.39 is 0 Å². The van der Waals surface area contributed by atoms with E-state index >= 15 is 0 Å². The van der Waals surface area contributed by atoms with Crippen LogP contribution in [0.4, 0.5) is 5.82 Å². The summed E-state index contributed by atoms with van der Waals surface area (Å²) in [5, 5.41) is 8.80. The van der Waals surface area contributed by atoms with Crippen molar-refractivity contribution in [1.82, 2.24) is 24.7 Å². The molecule has 0 bridgehead atoms. The number of carbonyl (C=O) groups is 1. The molecule has 122 valence electrons. The molecule has 4 rings (SSSR count). The Kier molecular flexibility index (Phi) is 3.66. The summed E-state index contributed by atoms with van der Waals surface area (Å²) in [6, 6.07) is 7.09. The molecule has 0 fully saturated rings. The predicted molar refractivity (Wildman–Crippen MR) is 93.9 cm³/mol. The van der Waals surface area contributed by atoms with Crippen molar-refractivity contribution in [3.8, 4) is 11.3 Å². The van der Waals surface area contributed by atoms with Gasteiger partial charge in [-0.25, -0.2) is 4.98 Å². The lowest BCUT2D eigenvalue weighted by Crippen LogP contribution is -2.12. The summed E-state index contributed by atoms with van der Waals surface area (Å²) in [6.07, 6.45) is 10.3. The molecule has 0 atom stereocenters. The molecule has 7 nitrogen and oxygen atoms in total. The summed E-state index contributed by atoms with van der Waals surface area (Å²) in [4.78, 5) is 24.9.